The van der Waals surface area contributed by atoms with E-state index in [0.717, 1.165) is 0 Å². The van der Waals surface area contributed by atoms with Crippen LogP contribution in [0.1, 0.15) is 16.8 Å². The Kier molecular flexibility index (Phi) is 3.11. The van der Waals surface area contributed by atoms with Gasteiger partial charge in [-0.15, -0.1) is 0 Å². The summed E-state index contributed by atoms with van der Waals surface area (Å²) in [4.78, 5) is 12.4. The quantitative estimate of drug-likeness (QED) is 0.902. The smallest absolute Gasteiger partial charge is 0.339 e. The number of carboxylic acids is 1. The van der Waals surface area contributed by atoms with Crippen LogP contribution in [0.15, 0.2) is 18.2 Å². The van der Waals surface area contributed by atoms with Crippen LogP contribution in [0.4, 0.5) is 14.5 Å². The van der Waals surface area contributed by atoms with Gasteiger partial charge >= 0.3 is 5.97 Å². The maximum atomic E-state index is 13.1. The molecule has 2 rings (SSSR count). The maximum absolute atomic E-state index is 13.1. The van der Waals surface area contributed by atoms with Crippen molar-refractivity contribution in [2.24, 2.45) is 0 Å². The van der Waals surface area contributed by atoms with Gasteiger partial charge in [-0.25, -0.2) is 13.6 Å². The van der Waals surface area contributed by atoms with E-state index in [4.69, 9.17) is 9.84 Å². The van der Waals surface area contributed by atoms with Crippen molar-refractivity contribution >= 4 is 11.7 Å². The number of halogens is 2. The summed E-state index contributed by atoms with van der Waals surface area (Å²) in [6.45, 7) is -0.0921. The Morgan fingerprint density at radius 3 is 2.72 bits per heavy atom. The molecule has 1 saturated heterocycles. The fourth-order valence-electron chi connectivity index (χ4n) is 2.01. The second kappa shape index (κ2) is 4.44. The number of nitrogens with zero attached hydrogens (tertiary/aromatic N) is 1. The number of anilines is 1. The van der Waals surface area contributed by atoms with Crippen LogP contribution in [-0.4, -0.2) is 37.2 Å². The third-order valence-electron chi connectivity index (χ3n) is 2.95. The van der Waals surface area contributed by atoms with Gasteiger partial charge in [0.2, 0.25) is 0 Å². The number of benzene rings is 1. The molecule has 6 heteroatoms. The number of ether oxygens (including phenoxy) is 1. The van der Waals surface area contributed by atoms with Gasteiger partial charge < -0.3 is 14.7 Å². The maximum Gasteiger partial charge on any atom is 0.339 e. The third-order valence-corrected chi connectivity index (χ3v) is 2.95. The summed E-state index contributed by atoms with van der Waals surface area (Å²) in [6, 6.07) is 4.37. The minimum Gasteiger partial charge on any atom is -0.496 e. The number of aromatic carboxylic acids is 1. The molecule has 1 aliphatic rings. The molecule has 18 heavy (non-hydrogen) atoms. The van der Waals surface area contributed by atoms with Crippen LogP contribution in [-0.2, 0) is 0 Å². The summed E-state index contributed by atoms with van der Waals surface area (Å²) in [5, 5.41) is 8.92. The highest BCUT2D eigenvalue weighted by Crippen LogP contribution is 2.33. The number of hydrogen-bond acceptors (Lipinski definition) is 3. The molecule has 0 unspecified atom stereocenters. The molecule has 0 radical (unpaired) electrons. The zero-order valence-corrected chi connectivity index (χ0v) is 9.82. The fraction of sp³-hybridized carbons (Fsp3) is 0.417. The van der Waals surface area contributed by atoms with Crippen molar-refractivity contribution in [3.8, 4) is 5.75 Å². The zero-order valence-electron chi connectivity index (χ0n) is 9.82. The third kappa shape index (κ3) is 2.37. The second-order valence-corrected chi connectivity index (χ2v) is 4.22. The molecule has 1 heterocycles. The summed E-state index contributed by atoms with van der Waals surface area (Å²) in [6.07, 6.45) is -0.185. The van der Waals surface area contributed by atoms with Gasteiger partial charge in [0, 0.05) is 24.7 Å². The predicted octanol–water partition coefficient (Wildman–Crippen LogP) is 2.24. The summed E-state index contributed by atoms with van der Waals surface area (Å²) in [5.41, 5.74) is 0.571. The Bertz CT molecular complexity index is 476. The summed E-state index contributed by atoms with van der Waals surface area (Å²) >= 11 is 0. The van der Waals surface area contributed by atoms with Crippen molar-refractivity contribution in [3.63, 3.8) is 0 Å². The molecule has 0 bridgehead atoms. The first-order valence-corrected chi connectivity index (χ1v) is 5.47. The molecule has 0 aromatic heterocycles. The summed E-state index contributed by atoms with van der Waals surface area (Å²) < 4.78 is 31.2. The lowest BCUT2D eigenvalue weighted by atomic mass is 10.1. The summed E-state index contributed by atoms with van der Waals surface area (Å²) in [7, 11) is 1.35. The number of rotatable bonds is 3. The van der Waals surface area contributed by atoms with Crippen molar-refractivity contribution in [3.05, 3.63) is 23.8 Å². The lowest BCUT2D eigenvalue weighted by Gasteiger charge is -2.19. The van der Waals surface area contributed by atoms with Crippen LogP contribution in [0.2, 0.25) is 0 Å². The van der Waals surface area contributed by atoms with Gasteiger partial charge in [-0.1, -0.05) is 0 Å². The van der Waals surface area contributed by atoms with Gasteiger partial charge in [-0.2, -0.15) is 0 Å². The number of carbonyl (C=O) groups is 1. The molecular formula is C12H13F2NO3. The minimum absolute atomic E-state index is 0.0206. The van der Waals surface area contributed by atoms with Crippen molar-refractivity contribution in [2.45, 2.75) is 12.3 Å². The van der Waals surface area contributed by atoms with Gasteiger partial charge in [-0.05, 0) is 12.1 Å². The standard InChI is InChI=1S/C12H13F2NO3/c1-18-10-6-8(2-3-9(10)11(16)17)15-5-4-12(13,14)7-15/h2-3,6H,4-5,7H2,1H3,(H,16,17). The molecule has 0 amide bonds. The van der Waals surface area contributed by atoms with Gasteiger partial charge in [0.25, 0.3) is 5.92 Å². The van der Waals surface area contributed by atoms with E-state index in [1.54, 1.807) is 0 Å². The first-order chi connectivity index (χ1) is 8.43. The molecule has 0 saturated carbocycles. The highest BCUT2D eigenvalue weighted by molar-refractivity contribution is 5.91. The van der Waals surface area contributed by atoms with Gasteiger partial charge in [0.15, 0.2) is 0 Å². The fourth-order valence-corrected chi connectivity index (χ4v) is 2.01. The van der Waals surface area contributed by atoms with E-state index in [2.05, 4.69) is 0 Å². The SMILES string of the molecule is COc1cc(N2CCC(F)(F)C2)ccc1C(=O)O. The zero-order chi connectivity index (χ0) is 13.3. The highest BCUT2D eigenvalue weighted by atomic mass is 19.3. The van der Waals surface area contributed by atoms with E-state index in [-0.39, 0.29) is 30.8 Å². The molecule has 1 aliphatic heterocycles. The largest absolute Gasteiger partial charge is 0.496 e. The van der Waals surface area contributed by atoms with Crippen LogP contribution in [0.25, 0.3) is 0 Å². The van der Waals surface area contributed by atoms with E-state index < -0.39 is 11.9 Å². The Hall–Kier alpha value is -1.85. The molecule has 0 aliphatic carbocycles. The molecule has 98 valence electrons. The first-order valence-electron chi connectivity index (χ1n) is 5.47. The van der Waals surface area contributed by atoms with Crippen LogP contribution < -0.4 is 9.64 Å². The molecule has 1 aromatic carbocycles. The predicted molar refractivity (Wildman–Crippen MR) is 61.7 cm³/mol. The average molecular weight is 257 g/mol. The number of methoxy groups -OCH3 is 1. The van der Waals surface area contributed by atoms with Crippen LogP contribution >= 0.6 is 0 Å². The van der Waals surface area contributed by atoms with Crippen molar-refractivity contribution in [1.29, 1.82) is 0 Å². The lowest BCUT2D eigenvalue weighted by Crippen LogP contribution is -2.24. The highest BCUT2D eigenvalue weighted by Gasteiger charge is 2.38. The van der Waals surface area contributed by atoms with E-state index in [9.17, 15) is 13.6 Å². The number of hydrogen-bond donors (Lipinski definition) is 1. The minimum atomic E-state index is -2.68. The molecule has 1 aromatic rings. The van der Waals surface area contributed by atoms with Crippen LogP contribution in [0, 0.1) is 0 Å². The van der Waals surface area contributed by atoms with Gasteiger partial charge in [0.05, 0.1) is 13.7 Å². The van der Waals surface area contributed by atoms with Gasteiger partial charge in [-0.3, -0.25) is 0 Å². The number of alkyl halides is 2. The van der Waals surface area contributed by atoms with Crippen molar-refractivity contribution in [1.82, 2.24) is 0 Å². The van der Waals surface area contributed by atoms with E-state index in [1.165, 1.54) is 30.2 Å². The van der Waals surface area contributed by atoms with E-state index >= 15 is 0 Å². The lowest BCUT2D eigenvalue weighted by molar-refractivity contribution is 0.0257. The number of carboxylic acid groups (broad SMARTS) is 1. The molecular weight excluding hydrogens is 244 g/mol. The topological polar surface area (TPSA) is 49.8 Å². The first kappa shape index (κ1) is 12.6. The molecule has 0 atom stereocenters. The van der Waals surface area contributed by atoms with Crippen LogP contribution in [0.5, 0.6) is 5.75 Å². The summed E-state index contributed by atoms with van der Waals surface area (Å²) in [5.74, 6) is -3.61. The Morgan fingerprint density at radius 2 is 2.22 bits per heavy atom. The normalized spacial score (nSPS) is 17.8. The molecule has 0 spiro atoms. The van der Waals surface area contributed by atoms with E-state index in [1.807, 2.05) is 0 Å². The van der Waals surface area contributed by atoms with E-state index in [0.29, 0.717) is 5.69 Å². The van der Waals surface area contributed by atoms with Crippen LogP contribution in [0.3, 0.4) is 0 Å². The van der Waals surface area contributed by atoms with Gasteiger partial charge in [0.1, 0.15) is 11.3 Å². The molecule has 1 fully saturated rings. The second-order valence-electron chi connectivity index (χ2n) is 4.22. The molecule has 4 nitrogen and oxygen atoms in total. The average Bonchev–Trinajstić information content (AvgIpc) is 2.68. The van der Waals surface area contributed by atoms with Crippen molar-refractivity contribution in [2.75, 3.05) is 25.1 Å². The Morgan fingerprint density at radius 1 is 1.50 bits per heavy atom. The Labute approximate surface area is 103 Å². The Balaban J connectivity index is 2.28. The van der Waals surface area contributed by atoms with Crippen molar-refractivity contribution < 1.29 is 23.4 Å². The monoisotopic (exact) mass is 257 g/mol. The molecule has 1 N–H and O–H groups in total.